The molecule has 1 amide bonds. The molecule has 1 heterocycles. The van der Waals surface area contributed by atoms with Gasteiger partial charge in [0.05, 0.1) is 24.4 Å². The van der Waals surface area contributed by atoms with Crippen LogP contribution in [0.1, 0.15) is 10.4 Å². The maximum absolute atomic E-state index is 14.0. The average Bonchev–Trinajstić information content (AvgIpc) is 2.91. The summed E-state index contributed by atoms with van der Waals surface area (Å²) in [6.45, 7) is 0. The van der Waals surface area contributed by atoms with E-state index in [1.54, 1.807) is 41.9 Å². The van der Waals surface area contributed by atoms with Gasteiger partial charge in [0.1, 0.15) is 22.9 Å². The number of fused-ring (bicyclic) bond motifs is 1. The second-order valence-corrected chi connectivity index (χ2v) is 5.99. The molecule has 7 heteroatoms. The van der Waals surface area contributed by atoms with Crippen molar-refractivity contribution < 1.29 is 18.7 Å². The first-order valence-electron chi connectivity index (χ1n) is 7.11. The van der Waals surface area contributed by atoms with Crippen molar-refractivity contribution in [3.05, 3.63) is 52.6 Å². The maximum atomic E-state index is 14.0. The van der Waals surface area contributed by atoms with Gasteiger partial charge >= 0.3 is 0 Å². The van der Waals surface area contributed by atoms with Crippen molar-refractivity contribution in [2.45, 2.75) is 0 Å². The number of methoxy groups -OCH3 is 2. The Morgan fingerprint density at radius 1 is 1.12 bits per heavy atom. The Balaban J connectivity index is 2.18. The number of hydrogen-bond donors (Lipinski definition) is 0. The molecule has 0 bridgehead atoms. The second kappa shape index (κ2) is 6.45. The molecule has 2 aromatic carbocycles. The van der Waals surface area contributed by atoms with Gasteiger partial charge < -0.3 is 14.0 Å². The van der Waals surface area contributed by atoms with Gasteiger partial charge in [-0.2, -0.15) is 4.99 Å². The Morgan fingerprint density at radius 2 is 1.75 bits per heavy atom. The normalized spacial score (nSPS) is 11.8. The Bertz CT molecular complexity index is 969. The first-order chi connectivity index (χ1) is 11.6. The van der Waals surface area contributed by atoms with Crippen LogP contribution >= 0.6 is 11.3 Å². The molecule has 0 unspecified atom stereocenters. The fourth-order valence-electron chi connectivity index (χ4n) is 2.47. The molecule has 0 radical (unpaired) electrons. The van der Waals surface area contributed by atoms with Crippen molar-refractivity contribution in [1.82, 2.24) is 4.57 Å². The average molecular weight is 346 g/mol. The number of halogens is 1. The van der Waals surface area contributed by atoms with E-state index in [1.807, 2.05) is 0 Å². The van der Waals surface area contributed by atoms with Crippen LogP contribution in [-0.2, 0) is 7.05 Å². The molecular formula is C17H15FN2O3S. The number of carbonyl (C=O) groups is 1. The topological polar surface area (TPSA) is 52.8 Å². The number of aromatic nitrogens is 1. The van der Waals surface area contributed by atoms with E-state index in [0.717, 1.165) is 4.70 Å². The Morgan fingerprint density at radius 3 is 2.33 bits per heavy atom. The molecule has 0 fully saturated rings. The van der Waals surface area contributed by atoms with Crippen LogP contribution in [0.15, 0.2) is 41.4 Å². The zero-order valence-electron chi connectivity index (χ0n) is 13.4. The summed E-state index contributed by atoms with van der Waals surface area (Å²) in [6, 6.07) is 9.85. The first-order valence-corrected chi connectivity index (χ1v) is 7.92. The van der Waals surface area contributed by atoms with Gasteiger partial charge in [-0.15, -0.1) is 0 Å². The van der Waals surface area contributed by atoms with Crippen LogP contribution in [0.25, 0.3) is 10.2 Å². The summed E-state index contributed by atoms with van der Waals surface area (Å²) in [7, 11) is 4.62. The van der Waals surface area contributed by atoms with Gasteiger partial charge in [-0.3, -0.25) is 4.79 Å². The predicted octanol–water partition coefficient (Wildman–Crippen LogP) is 3.14. The first kappa shape index (κ1) is 16.2. The second-order valence-electron chi connectivity index (χ2n) is 4.98. The Hall–Kier alpha value is -2.67. The molecule has 0 N–H and O–H groups in total. The quantitative estimate of drug-likeness (QED) is 0.732. The fourth-order valence-corrected chi connectivity index (χ4v) is 3.50. The highest BCUT2D eigenvalue weighted by Crippen LogP contribution is 2.29. The van der Waals surface area contributed by atoms with E-state index < -0.39 is 5.91 Å². The molecule has 0 saturated heterocycles. The number of aryl methyl sites for hydroxylation is 1. The largest absolute Gasteiger partial charge is 0.496 e. The SMILES string of the molecule is COc1cccc(OC)c1C(=O)N=c1sc2cccc(F)c2n1C. The summed E-state index contributed by atoms with van der Waals surface area (Å²) in [5.41, 5.74) is 0.654. The molecule has 0 atom stereocenters. The van der Waals surface area contributed by atoms with Crippen LogP contribution in [0.2, 0.25) is 0 Å². The fraction of sp³-hybridized carbons (Fsp3) is 0.176. The van der Waals surface area contributed by atoms with Gasteiger partial charge in [0.15, 0.2) is 4.80 Å². The lowest BCUT2D eigenvalue weighted by Gasteiger charge is -2.09. The third-order valence-electron chi connectivity index (χ3n) is 3.61. The third-order valence-corrected chi connectivity index (χ3v) is 4.71. The number of thiazole rings is 1. The Kier molecular flexibility index (Phi) is 4.35. The van der Waals surface area contributed by atoms with E-state index in [-0.39, 0.29) is 11.4 Å². The molecule has 124 valence electrons. The van der Waals surface area contributed by atoms with Crippen molar-refractivity contribution in [2.24, 2.45) is 12.0 Å². The number of nitrogens with zero attached hydrogens (tertiary/aromatic N) is 2. The molecular weight excluding hydrogens is 331 g/mol. The molecule has 0 aliphatic heterocycles. The van der Waals surface area contributed by atoms with Gasteiger partial charge in [0.25, 0.3) is 5.91 Å². The highest BCUT2D eigenvalue weighted by molar-refractivity contribution is 7.16. The van der Waals surface area contributed by atoms with Crippen LogP contribution in [-0.4, -0.2) is 24.7 Å². The number of carbonyl (C=O) groups excluding carboxylic acids is 1. The van der Waals surface area contributed by atoms with E-state index in [0.29, 0.717) is 21.8 Å². The molecule has 0 aliphatic rings. The lowest BCUT2D eigenvalue weighted by molar-refractivity contribution is 0.0992. The van der Waals surface area contributed by atoms with Crippen molar-refractivity contribution in [1.29, 1.82) is 0 Å². The third kappa shape index (κ3) is 2.67. The van der Waals surface area contributed by atoms with Gasteiger partial charge in [-0.05, 0) is 24.3 Å². The minimum Gasteiger partial charge on any atom is -0.496 e. The van der Waals surface area contributed by atoms with Crippen LogP contribution in [0.3, 0.4) is 0 Å². The molecule has 24 heavy (non-hydrogen) atoms. The van der Waals surface area contributed by atoms with Crippen LogP contribution in [0.5, 0.6) is 11.5 Å². The Labute approximate surface area is 141 Å². The van der Waals surface area contributed by atoms with Gasteiger partial charge in [0.2, 0.25) is 0 Å². The molecule has 3 aromatic rings. The van der Waals surface area contributed by atoms with E-state index >= 15 is 0 Å². The number of rotatable bonds is 3. The zero-order valence-corrected chi connectivity index (χ0v) is 14.2. The molecule has 3 rings (SSSR count). The van der Waals surface area contributed by atoms with Crippen molar-refractivity contribution in [2.75, 3.05) is 14.2 Å². The highest BCUT2D eigenvalue weighted by Gasteiger charge is 2.18. The molecule has 0 saturated carbocycles. The van der Waals surface area contributed by atoms with Gasteiger partial charge in [0, 0.05) is 7.05 Å². The lowest BCUT2D eigenvalue weighted by atomic mass is 10.1. The predicted molar refractivity (Wildman–Crippen MR) is 90.2 cm³/mol. The van der Waals surface area contributed by atoms with E-state index in [1.165, 1.54) is 31.6 Å². The summed E-state index contributed by atoms with van der Waals surface area (Å²) < 4.78 is 26.7. The van der Waals surface area contributed by atoms with E-state index in [2.05, 4.69) is 4.99 Å². The van der Waals surface area contributed by atoms with E-state index in [4.69, 9.17) is 9.47 Å². The number of amides is 1. The lowest BCUT2D eigenvalue weighted by Crippen LogP contribution is -2.14. The number of hydrogen-bond acceptors (Lipinski definition) is 4. The van der Waals surface area contributed by atoms with E-state index in [9.17, 15) is 9.18 Å². The van der Waals surface area contributed by atoms with Crippen LogP contribution < -0.4 is 14.3 Å². The summed E-state index contributed by atoms with van der Waals surface area (Å²) >= 11 is 1.24. The number of para-hydroxylation sites is 1. The van der Waals surface area contributed by atoms with Crippen molar-refractivity contribution in [3.8, 4) is 11.5 Å². The van der Waals surface area contributed by atoms with Crippen molar-refractivity contribution >= 4 is 27.5 Å². The summed E-state index contributed by atoms with van der Waals surface area (Å²) in [6.07, 6.45) is 0. The molecule has 5 nitrogen and oxygen atoms in total. The summed E-state index contributed by atoms with van der Waals surface area (Å²) in [5, 5.41) is 0. The minimum absolute atomic E-state index is 0.237. The molecule has 0 spiro atoms. The molecule has 0 aliphatic carbocycles. The zero-order chi connectivity index (χ0) is 17.3. The monoisotopic (exact) mass is 346 g/mol. The van der Waals surface area contributed by atoms with Gasteiger partial charge in [-0.1, -0.05) is 23.5 Å². The summed E-state index contributed by atoms with van der Waals surface area (Å²) in [4.78, 5) is 17.2. The number of ether oxygens (including phenoxy) is 2. The molecule has 1 aromatic heterocycles. The van der Waals surface area contributed by atoms with Crippen molar-refractivity contribution in [3.63, 3.8) is 0 Å². The highest BCUT2D eigenvalue weighted by atomic mass is 32.1. The minimum atomic E-state index is -0.508. The maximum Gasteiger partial charge on any atom is 0.287 e. The van der Waals surface area contributed by atoms with Gasteiger partial charge in [-0.25, -0.2) is 4.39 Å². The number of benzene rings is 2. The van der Waals surface area contributed by atoms with Crippen LogP contribution in [0, 0.1) is 5.82 Å². The van der Waals surface area contributed by atoms with Crippen LogP contribution in [0.4, 0.5) is 4.39 Å². The summed E-state index contributed by atoms with van der Waals surface area (Å²) in [5.74, 6) is -0.113. The smallest absolute Gasteiger partial charge is 0.287 e. The standard InChI is InChI=1S/C17H15FN2O3S/c1-20-15-10(18)6-4-9-13(15)24-17(20)19-16(21)14-11(22-2)7-5-8-12(14)23-3/h4-9H,1-3H3.